The highest BCUT2D eigenvalue weighted by Crippen LogP contribution is 2.21. The fraction of sp³-hybridized carbons (Fsp3) is 0.923. The molecule has 3 N–H and O–H groups in total. The molecule has 31 heavy (non-hydrogen) atoms. The van der Waals surface area contributed by atoms with Gasteiger partial charge < -0.3 is 24.8 Å². The van der Waals surface area contributed by atoms with E-state index in [2.05, 4.69) is 13.0 Å². The Morgan fingerprint density at radius 3 is 1.87 bits per heavy atom. The molecule has 1 aliphatic heterocycles. The van der Waals surface area contributed by atoms with E-state index in [9.17, 15) is 10.2 Å². The molecule has 0 aromatic carbocycles. The molecule has 0 saturated carbocycles. The van der Waals surface area contributed by atoms with Crippen molar-refractivity contribution in [1.82, 2.24) is 0 Å². The van der Waals surface area contributed by atoms with Crippen LogP contribution in [0, 0.1) is 0 Å². The van der Waals surface area contributed by atoms with Crippen molar-refractivity contribution in [2.75, 3.05) is 19.8 Å². The van der Waals surface area contributed by atoms with Gasteiger partial charge in [-0.3, -0.25) is 0 Å². The number of ether oxygens (including phenoxy) is 2. The van der Waals surface area contributed by atoms with Gasteiger partial charge in [-0.2, -0.15) is 0 Å². The van der Waals surface area contributed by atoms with Crippen molar-refractivity contribution < 1.29 is 24.8 Å². The maximum atomic E-state index is 9.89. The highest BCUT2D eigenvalue weighted by molar-refractivity contribution is 4.91. The molecule has 0 radical (unpaired) electrons. The predicted octanol–water partition coefficient (Wildman–Crippen LogP) is 5.30. The Bertz CT molecular complexity index is 415. The summed E-state index contributed by atoms with van der Waals surface area (Å²) in [5.41, 5.74) is 0. The second-order valence-electron chi connectivity index (χ2n) is 9.12. The van der Waals surface area contributed by atoms with Crippen LogP contribution >= 0.6 is 0 Å². The lowest BCUT2D eigenvalue weighted by molar-refractivity contribution is -0.0879. The molecule has 184 valence electrons. The summed E-state index contributed by atoms with van der Waals surface area (Å²) < 4.78 is 11.0. The topological polar surface area (TPSA) is 79.2 Å². The van der Waals surface area contributed by atoms with Gasteiger partial charge in [0.05, 0.1) is 19.8 Å². The summed E-state index contributed by atoms with van der Waals surface area (Å²) in [6, 6.07) is 0. The number of hydrogen-bond acceptors (Lipinski definition) is 5. The normalized spacial score (nSPS) is 22.5. The van der Waals surface area contributed by atoms with Crippen molar-refractivity contribution in [2.45, 2.75) is 134 Å². The fourth-order valence-corrected chi connectivity index (χ4v) is 4.24. The summed E-state index contributed by atoms with van der Waals surface area (Å²) in [5.74, 6) is 0. The van der Waals surface area contributed by atoms with Crippen LogP contribution in [0.2, 0.25) is 0 Å². The van der Waals surface area contributed by atoms with Gasteiger partial charge in [0.15, 0.2) is 0 Å². The zero-order valence-corrected chi connectivity index (χ0v) is 20.1. The number of hydrogen-bond donors (Lipinski definition) is 3. The molecule has 0 bridgehead atoms. The van der Waals surface area contributed by atoms with Gasteiger partial charge in [-0.15, -0.1) is 0 Å². The highest BCUT2D eigenvalue weighted by atomic mass is 16.6. The van der Waals surface area contributed by atoms with Crippen molar-refractivity contribution >= 4 is 0 Å². The van der Waals surface area contributed by atoms with E-state index in [-0.39, 0.29) is 6.61 Å². The second kappa shape index (κ2) is 20.2. The Labute approximate surface area is 191 Å². The van der Waals surface area contributed by atoms with E-state index in [1.54, 1.807) is 0 Å². The van der Waals surface area contributed by atoms with E-state index in [4.69, 9.17) is 14.6 Å². The smallest absolute Gasteiger partial charge is 0.115 e. The monoisotopic (exact) mass is 442 g/mol. The van der Waals surface area contributed by atoms with Crippen LogP contribution in [0.3, 0.4) is 0 Å². The van der Waals surface area contributed by atoms with Crippen LogP contribution in [0.1, 0.15) is 110 Å². The first-order valence-electron chi connectivity index (χ1n) is 13.1. The molecule has 1 saturated heterocycles. The molecule has 0 aliphatic carbocycles. The Morgan fingerprint density at radius 1 is 0.839 bits per heavy atom. The standard InChI is InChI=1S/C26H50O5/c1-2-3-4-5-6-7-8-9-10-11-12-13-14-15-16-17-18-19-20-30-26-24(29)22-31-25(26)23(28)21-27/h18-19,23-29H,2-17,20-22H2,1H3/b19-18+/t23-,24+,25-,26-/m0/s1. The van der Waals surface area contributed by atoms with Crippen LogP contribution in [0.15, 0.2) is 12.2 Å². The van der Waals surface area contributed by atoms with E-state index in [1.807, 2.05) is 6.08 Å². The molecular formula is C26H50O5. The molecule has 0 spiro atoms. The Balaban J connectivity index is 1.84. The third-order valence-corrected chi connectivity index (χ3v) is 6.25. The molecule has 1 aliphatic rings. The Hall–Kier alpha value is -0.460. The SMILES string of the molecule is CCCCCCCCCCCCCCCCC/C=C/CO[C@@H]1[C@H]([C@@H](O)CO)OC[C@H]1O. The lowest BCUT2D eigenvalue weighted by atomic mass is 10.0. The average Bonchev–Trinajstić information content (AvgIpc) is 3.15. The van der Waals surface area contributed by atoms with Crippen LogP contribution < -0.4 is 0 Å². The zero-order chi connectivity index (χ0) is 22.6. The second-order valence-corrected chi connectivity index (χ2v) is 9.12. The van der Waals surface area contributed by atoms with Gasteiger partial charge >= 0.3 is 0 Å². The number of rotatable bonds is 21. The molecule has 1 fully saturated rings. The molecular weight excluding hydrogens is 392 g/mol. The minimum absolute atomic E-state index is 0.134. The predicted molar refractivity (Wildman–Crippen MR) is 127 cm³/mol. The molecule has 0 amide bonds. The maximum absolute atomic E-state index is 9.89. The number of unbranched alkanes of at least 4 members (excludes halogenated alkanes) is 15. The molecule has 0 aromatic rings. The molecule has 0 unspecified atom stereocenters. The quantitative estimate of drug-likeness (QED) is 0.166. The van der Waals surface area contributed by atoms with Gasteiger partial charge in [-0.1, -0.05) is 109 Å². The highest BCUT2D eigenvalue weighted by Gasteiger charge is 2.40. The van der Waals surface area contributed by atoms with Crippen molar-refractivity contribution in [2.24, 2.45) is 0 Å². The van der Waals surface area contributed by atoms with Gasteiger partial charge in [0, 0.05) is 0 Å². The van der Waals surface area contributed by atoms with Gasteiger partial charge in [-0.05, 0) is 12.8 Å². The van der Waals surface area contributed by atoms with Gasteiger partial charge in [0.2, 0.25) is 0 Å². The Morgan fingerprint density at radius 2 is 1.35 bits per heavy atom. The van der Waals surface area contributed by atoms with Gasteiger partial charge in [-0.25, -0.2) is 0 Å². The molecule has 1 heterocycles. The summed E-state index contributed by atoms with van der Waals surface area (Å²) in [6.45, 7) is 2.40. The first-order valence-corrected chi connectivity index (χ1v) is 13.1. The van der Waals surface area contributed by atoms with Crippen molar-refractivity contribution in [3.8, 4) is 0 Å². The van der Waals surface area contributed by atoms with E-state index in [0.29, 0.717) is 6.61 Å². The lowest BCUT2D eigenvalue weighted by Gasteiger charge is -2.23. The molecule has 5 nitrogen and oxygen atoms in total. The van der Waals surface area contributed by atoms with Gasteiger partial charge in [0.25, 0.3) is 0 Å². The maximum Gasteiger partial charge on any atom is 0.115 e. The minimum atomic E-state index is -1.02. The fourth-order valence-electron chi connectivity index (χ4n) is 4.24. The minimum Gasteiger partial charge on any atom is -0.394 e. The third-order valence-electron chi connectivity index (χ3n) is 6.25. The zero-order valence-electron chi connectivity index (χ0n) is 20.1. The summed E-state index contributed by atoms with van der Waals surface area (Å²) in [7, 11) is 0. The van der Waals surface area contributed by atoms with Crippen LogP contribution in [0.4, 0.5) is 0 Å². The summed E-state index contributed by atoms with van der Waals surface area (Å²) in [5, 5.41) is 28.7. The molecule has 4 atom stereocenters. The summed E-state index contributed by atoms with van der Waals surface area (Å²) >= 11 is 0. The van der Waals surface area contributed by atoms with Crippen LogP contribution in [-0.2, 0) is 9.47 Å². The van der Waals surface area contributed by atoms with Gasteiger partial charge in [0.1, 0.15) is 24.4 Å². The average molecular weight is 443 g/mol. The van der Waals surface area contributed by atoms with Crippen molar-refractivity contribution in [3.05, 3.63) is 12.2 Å². The largest absolute Gasteiger partial charge is 0.394 e. The number of allylic oxidation sites excluding steroid dienone is 1. The van der Waals surface area contributed by atoms with Crippen LogP contribution in [0.25, 0.3) is 0 Å². The lowest BCUT2D eigenvalue weighted by Crippen LogP contribution is -2.42. The third kappa shape index (κ3) is 14.3. The summed E-state index contributed by atoms with van der Waals surface area (Å²) in [6.07, 6.45) is 22.8. The number of aliphatic hydroxyl groups is 3. The van der Waals surface area contributed by atoms with E-state index < -0.39 is 31.0 Å². The van der Waals surface area contributed by atoms with E-state index in [0.717, 1.165) is 6.42 Å². The van der Waals surface area contributed by atoms with Crippen molar-refractivity contribution in [3.63, 3.8) is 0 Å². The Kier molecular flexibility index (Phi) is 18.6. The van der Waals surface area contributed by atoms with Crippen LogP contribution in [-0.4, -0.2) is 59.6 Å². The van der Waals surface area contributed by atoms with Crippen LogP contribution in [0.5, 0.6) is 0 Å². The molecule has 1 rings (SSSR count). The van der Waals surface area contributed by atoms with Crippen molar-refractivity contribution in [1.29, 1.82) is 0 Å². The summed E-state index contributed by atoms with van der Waals surface area (Å²) in [4.78, 5) is 0. The van der Waals surface area contributed by atoms with E-state index >= 15 is 0 Å². The molecule has 5 heteroatoms. The first kappa shape index (κ1) is 28.6. The molecule has 0 aromatic heterocycles. The van der Waals surface area contributed by atoms with E-state index in [1.165, 1.54) is 96.3 Å². The number of aliphatic hydroxyl groups excluding tert-OH is 3. The first-order chi connectivity index (χ1) is 15.2.